The fraction of sp³-hybridized carbons (Fsp3) is 0.455. The van der Waals surface area contributed by atoms with Crippen molar-refractivity contribution in [3.05, 3.63) is 30.9 Å². The van der Waals surface area contributed by atoms with Gasteiger partial charge in [0.05, 0.1) is 18.2 Å². The summed E-state index contributed by atoms with van der Waals surface area (Å²) >= 11 is 0. The highest BCUT2D eigenvalue weighted by Crippen LogP contribution is 2.36. The number of aliphatic carboxylic acids is 1. The third kappa shape index (κ3) is 2.14. The van der Waals surface area contributed by atoms with Gasteiger partial charge in [0.1, 0.15) is 6.04 Å². The van der Waals surface area contributed by atoms with Crippen LogP contribution in [0.5, 0.6) is 0 Å². The molecule has 0 amide bonds. The summed E-state index contributed by atoms with van der Waals surface area (Å²) < 4.78 is 1.95. The van der Waals surface area contributed by atoms with Gasteiger partial charge in [-0.05, 0) is 12.8 Å². The molecule has 1 aromatic heterocycles. The van der Waals surface area contributed by atoms with Gasteiger partial charge in [-0.3, -0.25) is 10.1 Å². The Hall–Kier alpha value is -1.62. The SMILES string of the molecule is C=CCNC(C(=O)O)c1cncn1C1CC1. The molecule has 5 nitrogen and oxygen atoms in total. The highest BCUT2D eigenvalue weighted by molar-refractivity contribution is 5.74. The number of aromatic nitrogens is 2. The molecule has 1 unspecified atom stereocenters. The molecule has 2 rings (SSSR count). The summed E-state index contributed by atoms with van der Waals surface area (Å²) in [6, 6.07) is -0.272. The minimum absolute atomic E-state index is 0.435. The van der Waals surface area contributed by atoms with Gasteiger partial charge in [-0.2, -0.15) is 0 Å². The van der Waals surface area contributed by atoms with E-state index in [-0.39, 0.29) is 0 Å². The lowest BCUT2D eigenvalue weighted by molar-refractivity contribution is -0.139. The van der Waals surface area contributed by atoms with Gasteiger partial charge >= 0.3 is 5.97 Å². The molecule has 86 valence electrons. The van der Waals surface area contributed by atoms with Crippen molar-refractivity contribution >= 4 is 5.97 Å². The van der Waals surface area contributed by atoms with Crippen molar-refractivity contribution in [1.82, 2.24) is 14.9 Å². The molecule has 0 bridgehead atoms. The van der Waals surface area contributed by atoms with Crippen molar-refractivity contribution in [2.24, 2.45) is 0 Å². The average Bonchev–Trinajstić information content (AvgIpc) is 2.99. The Labute approximate surface area is 93.8 Å². The standard InChI is InChI=1S/C11H15N3O2/c1-2-5-13-10(11(15)16)9-6-12-7-14(9)8-3-4-8/h2,6-8,10,13H,1,3-5H2,(H,15,16). The van der Waals surface area contributed by atoms with Crippen LogP contribution in [0, 0.1) is 0 Å². The van der Waals surface area contributed by atoms with Crippen LogP contribution in [0.1, 0.15) is 30.6 Å². The molecule has 16 heavy (non-hydrogen) atoms. The Morgan fingerprint density at radius 2 is 2.56 bits per heavy atom. The van der Waals surface area contributed by atoms with E-state index in [0.29, 0.717) is 12.6 Å². The second kappa shape index (κ2) is 4.49. The number of hydrogen-bond acceptors (Lipinski definition) is 3. The van der Waals surface area contributed by atoms with Crippen molar-refractivity contribution < 1.29 is 9.90 Å². The molecule has 0 aliphatic heterocycles. The number of nitrogens with one attached hydrogen (secondary N) is 1. The van der Waals surface area contributed by atoms with Crippen molar-refractivity contribution in [3.8, 4) is 0 Å². The summed E-state index contributed by atoms with van der Waals surface area (Å²) in [5.41, 5.74) is 0.719. The van der Waals surface area contributed by atoms with Crippen LogP contribution in [0.3, 0.4) is 0 Å². The smallest absolute Gasteiger partial charge is 0.326 e. The zero-order valence-electron chi connectivity index (χ0n) is 8.97. The molecule has 1 saturated carbocycles. The predicted molar refractivity (Wildman–Crippen MR) is 59.1 cm³/mol. The highest BCUT2D eigenvalue weighted by Gasteiger charge is 2.30. The summed E-state index contributed by atoms with van der Waals surface area (Å²) in [5, 5.41) is 12.1. The van der Waals surface area contributed by atoms with E-state index in [1.165, 1.54) is 0 Å². The maximum absolute atomic E-state index is 11.2. The maximum Gasteiger partial charge on any atom is 0.326 e. The van der Waals surface area contributed by atoms with Gasteiger partial charge in [0, 0.05) is 12.6 Å². The van der Waals surface area contributed by atoms with Crippen molar-refractivity contribution in [3.63, 3.8) is 0 Å². The molecule has 1 aromatic rings. The third-order valence-electron chi connectivity index (χ3n) is 2.65. The summed E-state index contributed by atoms with van der Waals surface area (Å²) in [4.78, 5) is 15.2. The predicted octanol–water partition coefficient (Wildman–Crippen LogP) is 1.12. The maximum atomic E-state index is 11.2. The number of carboxylic acids is 1. The molecule has 1 fully saturated rings. The van der Waals surface area contributed by atoms with Crippen molar-refractivity contribution in [2.45, 2.75) is 24.9 Å². The average molecular weight is 221 g/mol. The van der Waals surface area contributed by atoms with Crippen LogP contribution in [-0.4, -0.2) is 27.2 Å². The summed E-state index contributed by atoms with van der Waals surface area (Å²) in [6.07, 6.45) is 7.19. The summed E-state index contributed by atoms with van der Waals surface area (Å²) in [7, 11) is 0. The quantitative estimate of drug-likeness (QED) is 0.706. The van der Waals surface area contributed by atoms with Crippen molar-refractivity contribution in [1.29, 1.82) is 0 Å². The lowest BCUT2D eigenvalue weighted by atomic mass is 10.2. The monoisotopic (exact) mass is 221 g/mol. The molecule has 0 spiro atoms. The zero-order chi connectivity index (χ0) is 11.5. The molecule has 1 aliphatic rings. The Balaban J connectivity index is 2.19. The van der Waals surface area contributed by atoms with Crippen LogP contribution in [0.15, 0.2) is 25.2 Å². The molecule has 1 heterocycles. The molecule has 0 aromatic carbocycles. The van der Waals surface area contributed by atoms with Gasteiger partial charge in [0.25, 0.3) is 0 Å². The number of nitrogens with zero attached hydrogens (tertiary/aromatic N) is 2. The van der Waals surface area contributed by atoms with Gasteiger partial charge in [0.2, 0.25) is 0 Å². The second-order valence-corrected chi connectivity index (χ2v) is 3.93. The fourth-order valence-electron chi connectivity index (χ4n) is 1.72. The van der Waals surface area contributed by atoms with E-state index in [1.807, 2.05) is 4.57 Å². The fourth-order valence-corrected chi connectivity index (χ4v) is 1.72. The molecule has 1 atom stereocenters. The van der Waals surface area contributed by atoms with Crippen LogP contribution in [0.25, 0.3) is 0 Å². The van der Waals surface area contributed by atoms with Gasteiger partial charge in [-0.15, -0.1) is 6.58 Å². The molecule has 0 radical (unpaired) electrons. The van der Waals surface area contributed by atoms with E-state index < -0.39 is 12.0 Å². The normalized spacial score (nSPS) is 17.0. The first kappa shape index (κ1) is 10.9. The molecule has 5 heteroatoms. The Morgan fingerprint density at radius 3 is 3.12 bits per heavy atom. The van der Waals surface area contributed by atoms with E-state index in [1.54, 1.807) is 18.6 Å². The first-order valence-electron chi connectivity index (χ1n) is 5.33. The topological polar surface area (TPSA) is 67.2 Å². The number of carbonyl (C=O) groups is 1. The second-order valence-electron chi connectivity index (χ2n) is 3.93. The number of imidazole rings is 1. The van der Waals surface area contributed by atoms with Crippen LogP contribution in [0.4, 0.5) is 0 Å². The number of hydrogen-bond donors (Lipinski definition) is 2. The number of rotatable bonds is 6. The zero-order valence-corrected chi connectivity index (χ0v) is 8.97. The molecule has 2 N–H and O–H groups in total. The largest absolute Gasteiger partial charge is 0.480 e. The first-order valence-corrected chi connectivity index (χ1v) is 5.33. The minimum Gasteiger partial charge on any atom is -0.480 e. The third-order valence-corrected chi connectivity index (χ3v) is 2.65. The Morgan fingerprint density at radius 1 is 1.81 bits per heavy atom. The van der Waals surface area contributed by atoms with Gasteiger partial charge in [0.15, 0.2) is 0 Å². The van der Waals surface area contributed by atoms with Gasteiger partial charge < -0.3 is 9.67 Å². The molecular formula is C11H15N3O2. The van der Waals surface area contributed by atoms with E-state index >= 15 is 0 Å². The Kier molecular flexibility index (Phi) is 3.05. The van der Waals surface area contributed by atoms with Crippen LogP contribution in [0.2, 0.25) is 0 Å². The van der Waals surface area contributed by atoms with E-state index in [4.69, 9.17) is 5.11 Å². The van der Waals surface area contributed by atoms with Crippen LogP contribution >= 0.6 is 0 Å². The molecular weight excluding hydrogens is 206 g/mol. The first-order chi connectivity index (χ1) is 7.74. The summed E-state index contributed by atoms with van der Waals surface area (Å²) in [6.45, 7) is 4.03. The molecule has 1 aliphatic carbocycles. The summed E-state index contributed by atoms with van der Waals surface area (Å²) in [5.74, 6) is -0.885. The lowest BCUT2D eigenvalue weighted by Gasteiger charge is -2.15. The lowest BCUT2D eigenvalue weighted by Crippen LogP contribution is -2.30. The van der Waals surface area contributed by atoms with Crippen LogP contribution in [-0.2, 0) is 4.79 Å². The van der Waals surface area contributed by atoms with Gasteiger partial charge in [-0.25, -0.2) is 4.98 Å². The van der Waals surface area contributed by atoms with Gasteiger partial charge in [-0.1, -0.05) is 6.08 Å². The van der Waals surface area contributed by atoms with Crippen molar-refractivity contribution in [2.75, 3.05) is 6.54 Å². The van der Waals surface area contributed by atoms with E-state index in [2.05, 4.69) is 16.9 Å². The van der Waals surface area contributed by atoms with E-state index in [9.17, 15) is 4.79 Å². The number of carboxylic acid groups (broad SMARTS) is 1. The minimum atomic E-state index is -0.885. The Bertz CT molecular complexity index is 396. The van der Waals surface area contributed by atoms with Crippen LogP contribution < -0.4 is 5.32 Å². The molecule has 0 saturated heterocycles. The highest BCUT2D eigenvalue weighted by atomic mass is 16.4. The van der Waals surface area contributed by atoms with E-state index in [0.717, 1.165) is 18.5 Å².